The monoisotopic (exact) mass is 185 g/mol. The van der Waals surface area contributed by atoms with E-state index in [0.29, 0.717) is 12.1 Å². The molecule has 1 rings (SSSR count). The van der Waals surface area contributed by atoms with Crippen LogP contribution >= 0.6 is 0 Å². The van der Waals surface area contributed by atoms with Gasteiger partial charge in [-0.25, -0.2) is 4.68 Å². The van der Waals surface area contributed by atoms with Crippen molar-refractivity contribution in [1.29, 1.82) is 0 Å². The van der Waals surface area contributed by atoms with Crippen molar-refractivity contribution in [3.05, 3.63) is 11.9 Å². The van der Waals surface area contributed by atoms with E-state index in [2.05, 4.69) is 10.3 Å². The maximum atomic E-state index is 9.77. The van der Waals surface area contributed by atoms with Crippen LogP contribution in [0, 0.1) is 0 Å². The summed E-state index contributed by atoms with van der Waals surface area (Å²) in [6.07, 6.45) is 0.978. The molecule has 5 heteroatoms. The number of aryl methyl sites for hydroxylation is 1. The summed E-state index contributed by atoms with van der Waals surface area (Å²) in [6.45, 7) is 3.40. The Balaban J connectivity index is 2.91. The molecular weight excluding hydrogens is 170 g/mol. The average molecular weight is 185 g/mol. The van der Waals surface area contributed by atoms with Gasteiger partial charge < -0.3 is 10.2 Å². The lowest BCUT2D eigenvalue weighted by Gasteiger charge is -2.27. The largest absolute Gasteiger partial charge is 0.387 e. The summed E-state index contributed by atoms with van der Waals surface area (Å²) >= 11 is 0. The van der Waals surface area contributed by atoms with E-state index in [4.69, 9.17) is 0 Å². The van der Waals surface area contributed by atoms with Crippen LogP contribution in [0.4, 0.5) is 0 Å². The molecule has 0 aliphatic rings. The third-order valence-electron chi connectivity index (χ3n) is 2.33. The molecule has 0 fully saturated rings. The summed E-state index contributed by atoms with van der Waals surface area (Å²) in [7, 11) is 1.68. The van der Waals surface area contributed by atoms with Crippen molar-refractivity contribution in [1.82, 2.24) is 15.0 Å². The van der Waals surface area contributed by atoms with Crippen molar-refractivity contribution in [3.63, 3.8) is 0 Å². The van der Waals surface area contributed by atoms with E-state index in [1.54, 1.807) is 14.0 Å². The van der Waals surface area contributed by atoms with Gasteiger partial charge in [0.25, 0.3) is 0 Å². The maximum Gasteiger partial charge on any atom is 0.126 e. The second kappa shape index (κ2) is 3.43. The zero-order valence-corrected chi connectivity index (χ0v) is 8.10. The zero-order valence-electron chi connectivity index (χ0n) is 8.10. The molecule has 5 nitrogen and oxygen atoms in total. The highest BCUT2D eigenvalue weighted by atomic mass is 16.3. The van der Waals surface area contributed by atoms with Crippen LogP contribution in [0.25, 0.3) is 0 Å². The molecule has 2 atom stereocenters. The minimum absolute atomic E-state index is 0.472. The Hall–Kier alpha value is -0.940. The first-order valence-electron chi connectivity index (χ1n) is 4.24. The Morgan fingerprint density at radius 2 is 2.31 bits per heavy atom. The van der Waals surface area contributed by atoms with E-state index in [1.165, 1.54) is 10.9 Å². The fourth-order valence-electron chi connectivity index (χ4n) is 1.06. The zero-order chi connectivity index (χ0) is 10.1. The summed E-state index contributed by atoms with van der Waals surface area (Å²) in [5, 5.41) is 26.8. The van der Waals surface area contributed by atoms with Crippen molar-refractivity contribution >= 4 is 0 Å². The van der Waals surface area contributed by atoms with Crippen LogP contribution in [-0.2, 0) is 7.05 Å². The second-order valence-electron chi connectivity index (χ2n) is 3.40. The number of aliphatic hydroxyl groups excluding tert-OH is 1. The highest BCUT2D eigenvalue weighted by Crippen LogP contribution is 2.26. The molecule has 0 aliphatic carbocycles. The third kappa shape index (κ3) is 1.87. The van der Waals surface area contributed by atoms with Crippen LogP contribution in [0.1, 0.15) is 32.1 Å². The van der Waals surface area contributed by atoms with Gasteiger partial charge in [-0.2, -0.15) is 0 Å². The Kier molecular flexibility index (Phi) is 2.68. The molecule has 1 aromatic rings. The van der Waals surface area contributed by atoms with Gasteiger partial charge in [0.1, 0.15) is 6.10 Å². The Bertz CT molecular complexity index is 283. The molecule has 0 spiro atoms. The lowest BCUT2D eigenvalue weighted by molar-refractivity contribution is -0.0693. The van der Waals surface area contributed by atoms with E-state index in [1.807, 2.05) is 6.92 Å². The lowest BCUT2D eigenvalue weighted by Crippen LogP contribution is -2.33. The number of hydrogen-bond donors (Lipinski definition) is 2. The predicted octanol–water partition coefficient (Wildman–Crippen LogP) is 0.00950. The number of aromatic nitrogens is 3. The smallest absolute Gasteiger partial charge is 0.126 e. The van der Waals surface area contributed by atoms with Crippen molar-refractivity contribution < 1.29 is 10.2 Å². The fraction of sp³-hybridized carbons (Fsp3) is 0.750. The van der Waals surface area contributed by atoms with Gasteiger partial charge in [-0.3, -0.25) is 0 Å². The molecule has 1 heterocycles. The highest BCUT2D eigenvalue weighted by molar-refractivity contribution is 5.04. The SMILES string of the molecule is CCC(C)(O)C(O)c1cnnn1C. The fourth-order valence-corrected chi connectivity index (χ4v) is 1.06. The summed E-state index contributed by atoms with van der Waals surface area (Å²) in [5.41, 5.74) is -0.609. The van der Waals surface area contributed by atoms with E-state index in [0.717, 1.165) is 0 Å². The Morgan fingerprint density at radius 3 is 2.69 bits per heavy atom. The topological polar surface area (TPSA) is 71.2 Å². The Labute approximate surface area is 77.0 Å². The molecule has 0 aromatic carbocycles. The standard InChI is InChI=1S/C8H15N3O2/c1-4-8(2,13)7(12)6-5-9-10-11(6)3/h5,7,12-13H,4H2,1-3H3. The van der Waals surface area contributed by atoms with Crippen LogP contribution in [-0.4, -0.2) is 30.8 Å². The first kappa shape index (κ1) is 10.1. The second-order valence-corrected chi connectivity index (χ2v) is 3.40. The minimum Gasteiger partial charge on any atom is -0.387 e. The quantitative estimate of drug-likeness (QED) is 0.695. The van der Waals surface area contributed by atoms with E-state index >= 15 is 0 Å². The molecular formula is C8H15N3O2. The first-order valence-corrected chi connectivity index (χ1v) is 4.24. The normalized spacial score (nSPS) is 18.2. The van der Waals surface area contributed by atoms with Gasteiger partial charge in [0.2, 0.25) is 0 Å². The summed E-state index contributed by atoms with van der Waals surface area (Å²) in [5.74, 6) is 0. The molecule has 0 saturated carbocycles. The third-order valence-corrected chi connectivity index (χ3v) is 2.33. The molecule has 13 heavy (non-hydrogen) atoms. The molecule has 74 valence electrons. The van der Waals surface area contributed by atoms with E-state index in [9.17, 15) is 10.2 Å². The molecule has 0 aliphatic heterocycles. The molecule has 0 radical (unpaired) electrons. The van der Waals surface area contributed by atoms with Gasteiger partial charge in [-0.15, -0.1) is 5.10 Å². The minimum atomic E-state index is -1.13. The van der Waals surface area contributed by atoms with Crippen LogP contribution in [0.5, 0.6) is 0 Å². The van der Waals surface area contributed by atoms with Gasteiger partial charge in [-0.1, -0.05) is 12.1 Å². The van der Waals surface area contributed by atoms with Crippen LogP contribution in [0.2, 0.25) is 0 Å². The van der Waals surface area contributed by atoms with Crippen molar-refractivity contribution in [2.24, 2.45) is 7.05 Å². The molecule has 1 aromatic heterocycles. The number of hydrogen-bond acceptors (Lipinski definition) is 4. The first-order chi connectivity index (χ1) is 5.99. The van der Waals surface area contributed by atoms with Crippen LogP contribution in [0.3, 0.4) is 0 Å². The number of rotatable bonds is 3. The molecule has 0 amide bonds. The van der Waals surface area contributed by atoms with Crippen molar-refractivity contribution in [2.75, 3.05) is 0 Å². The summed E-state index contributed by atoms with van der Waals surface area (Å²) in [4.78, 5) is 0. The molecule has 2 unspecified atom stereocenters. The Morgan fingerprint density at radius 1 is 1.69 bits per heavy atom. The van der Waals surface area contributed by atoms with Gasteiger partial charge in [0.05, 0.1) is 17.5 Å². The van der Waals surface area contributed by atoms with Crippen molar-refractivity contribution in [3.8, 4) is 0 Å². The molecule has 0 saturated heterocycles. The van der Waals surface area contributed by atoms with Gasteiger partial charge >= 0.3 is 0 Å². The van der Waals surface area contributed by atoms with Crippen molar-refractivity contribution in [2.45, 2.75) is 32.0 Å². The maximum absolute atomic E-state index is 9.77. The molecule has 0 bridgehead atoms. The number of nitrogens with zero attached hydrogens (tertiary/aromatic N) is 3. The van der Waals surface area contributed by atoms with Crippen LogP contribution < -0.4 is 0 Å². The average Bonchev–Trinajstić information content (AvgIpc) is 2.50. The lowest BCUT2D eigenvalue weighted by atomic mass is 9.94. The van der Waals surface area contributed by atoms with Crippen LogP contribution in [0.15, 0.2) is 6.20 Å². The summed E-state index contributed by atoms with van der Waals surface area (Å²) in [6, 6.07) is 0. The summed E-state index contributed by atoms with van der Waals surface area (Å²) < 4.78 is 1.45. The number of aliphatic hydroxyl groups is 2. The predicted molar refractivity (Wildman–Crippen MR) is 46.9 cm³/mol. The van der Waals surface area contributed by atoms with Gasteiger partial charge in [0.15, 0.2) is 0 Å². The highest BCUT2D eigenvalue weighted by Gasteiger charge is 2.31. The molecule has 2 N–H and O–H groups in total. The van der Waals surface area contributed by atoms with Gasteiger partial charge in [-0.05, 0) is 13.3 Å². The van der Waals surface area contributed by atoms with E-state index in [-0.39, 0.29) is 0 Å². The van der Waals surface area contributed by atoms with E-state index < -0.39 is 11.7 Å². The van der Waals surface area contributed by atoms with Gasteiger partial charge in [0, 0.05) is 7.05 Å².